The van der Waals surface area contributed by atoms with Crippen LogP contribution in [0.15, 0.2) is 40.1 Å². The number of benzene rings is 1. The summed E-state index contributed by atoms with van der Waals surface area (Å²) in [4.78, 5) is 24.8. The normalized spacial score (nSPS) is 19.3. The van der Waals surface area contributed by atoms with E-state index in [0.29, 0.717) is 11.8 Å². The van der Waals surface area contributed by atoms with Crippen molar-refractivity contribution in [2.75, 3.05) is 5.32 Å². The lowest BCUT2D eigenvalue weighted by Gasteiger charge is -2.19. The molecule has 2 N–H and O–H groups in total. The molecule has 0 spiro atoms. The van der Waals surface area contributed by atoms with Gasteiger partial charge in [-0.1, -0.05) is 18.2 Å². The monoisotopic (exact) mass is 420 g/mol. The van der Waals surface area contributed by atoms with Crippen molar-refractivity contribution in [3.8, 4) is 0 Å². The average molecular weight is 420 g/mol. The number of aromatic nitrogens is 3. The molecule has 0 radical (unpaired) electrons. The molecule has 1 fully saturated rings. The van der Waals surface area contributed by atoms with Gasteiger partial charge in [-0.15, -0.1) is 0 Å². The second-order valence-corrected chi connectivity index (χ2v) is 7.41. The number of nitrogens with one attached hydrogen (secondary N) is 1. The number of aliphatic hydroxyl groups is 1. The zero-order chi connectivity index (χ0) is 21.7. The third-order valence-corrected chi connectivity index (χ3v) is 5.30. The maximum atomic E-state index is 14.5. The van der Waals surface area contributed by atoms with E-state index in [1.165, 1.54) is 36.0 Å². The van der Waals surface area contributed by atoms with Crippen molar-refractivity contribution in [3.05, 3.63) is 68.1 Å². The minimum atomic E-state index is -2.95. The lowest BCUT2D eigenvalue weighted by molar-refractivity contribution is 0.146. The fraction of sp³-hybridized carbons (Fsp3) is 0.350. The van der Waals surface area contributed by atoms with Crippen LogP contribution in [-0.4, -0.2) is 25.6 Å². The van der Waals surface area contributed by atoms with Crippen LogP contribution in [0.1, 0.15) is 43.0 Å². The van der Waals surface area contributed by atoms with Crippen molar-refractivity contribution in [2.45, 2.75) is 38.0 Å². The van der Waals surface area contributed by atoms with Crippen LogP contribution in [0.5, 0.6) is 0 Å². The highest BCUT2D eigenvalue weighted by Crippen LogP contribution is 2.35. The molecule has 0 saturated heterocycles. The van der Waals surface area contributed by atoms with Crippen molar-refractivity contribution < 1.29 is 18.3 Å². The molecule has 2 aromatic heterocycles. The fourth-order valence-electron chi connectivity index (χ4n) is 3.53. The highest BCUT2D eigenvalue weighted by atomic mass is 19.3. The summed E-state index contributed by atoms with van der Waals surface area (Å²) in [5.74, 6) is -0.829. The molecule has 4 rings (SSSR count). The molecule has 158 valence electrons. The number of aryl methyl sites for hydroxylation is 1. The molecule has 30 heavy (non-hydrogen) atoms. The van der Waals surface area contributed by atoms with Gasteiger partial charge in [0.2, 0.25) is 0 Å². The van der Waals surface area contributed by atoms with Crippen LogP contribution in [0.3, 0.4) is 0 Å². The van der Waals surface area contributed by atoms with Gasteiger partial charge in [-0.25, -0.2) is 17.9 Å². The van der Waals surface area contributed by atoms with Gasteiger partial charge in [0.05, 0.1) is 29.1 Å². The third kappa shape index (κ3) is 3.36. The van der Waals surface area contributed by atoms with Crippen molar-refractivity contribution in [1.82, 2.24) is 14.3 Å². The predicted molar refractivity (Wildman–Crippen MR) is 104 cm³/mol. The number of anilines is 1. The number of alkyl halides is 2. The molecule has 0 aliphatic heterocycles. The molecule has 3 atom stereocenters. The molecule has 10 heteroatoms. The molecule has 7 nitrogen and oxygen atoms in total. The Labute approximate surface area is 168 Å². The molecular formula is C20H19F3N4O3. The van der Waals surface area contributed by atoms with Crippen molar-refractivity contribution in [2.24, 2.45) is 7.05 Å². The first-order chi connectivity index (χ1) is 14.2. The summed E-state index contributed by atoms with van der Waals surface area (Å²) in [5, 5.41) is 17.2. The maximum absolute atomic E-state index is 14.5. The largest absolute Gasteiger partial charge is 0.391 e. The Kier molecular flexibility index (Phi) is 4.89. The van der Waals surface area contributed by atoms with Crippen molar-refractivity contribution in [3.63, 3.8) is 0 Å². The van der Waals surface area contributed by atoms with E-state index < -0.39 is 41.1 Å². The SMILES string of the molecule is C[C@@H](Nc1nn(C)c(=O)c2cc(=O)n([C@H]3C[C@@H]3O)cc12)c1cccc(C(F)F)c1F. The van der Waals surface area contributed by atoms with Gasteiger partial charge in [0.25, 0.3) is 17.5 Å². The summed E-state index contributed by atoms with van der Waals surface area (Å²) >= 11 is 0. The second kappa shape index (κ2) is 7.28. The Morgan fingerprint density at radius 2 is 1.90 bits per heavy atom. The topological polar surface area (TPSA) is 89.2 Å². The summed E-state index contributed by atoms with van der Waals surface area (Å²) in [6, 6.07) is 3.80. The van der Waals surface area contributed by atoms with Gasteiger partial charge >= 0.3 is 0 Å². The summed E-state index contributed by atoms with van der Waals surface area (Å²) in [6.07, 6.45) is -1.73. The lowest BCUT2D eigenvalue weighted by atomic mass is 10.0. The Balaban J connectivity index is 1.81. The molecule has 1 saturated carbocycles. The molecule has 2 heterocycles. The van der Waals surface area contributed by atoms with Crippen LogP contribution < -0.4 is 16.4 Å². The summed E-state index contributed by atoms with van der Waals surface area (Å²) < 4.78 is 43.0. The van der Waals surface area contributed by atoms with Gasteiger partial charge in [-0.3, -0.25) is 9.59 Å². The minimum Gasteiger partial charge on any atom is -0.391 e. The second-order valence-electron chi connectivity index (χ2n) is 7.41. The van der Waals surface area contributed by atoms with Crippen LogP contribution in [0.2, 0.25) is 0 Å². The van der Waals surface area contributed by atoms with E-state index in [9.17, 15) is 27.9 Å². The Bertz CT molecular complexity index is 1250. The zero-order valence-electron chi connectivity index (χ0n) is 16.1. The van der Waals surface area contributed by atoms with Gasteiger partial charge < -0.3 is 15.0 Å². The standard InChI is InChI=1S/C20H19F3N4O3/c1-9(10-4-3-5-11(17(10)21)18(22)23)24-19-13-8-27(14-7-15(14)28)16(29)6-12(13)20(30)26(2)25-19/h3-6,8-9,14-15,18,28H,7H2,1-2H3,(H,24,25)/t9-,14+,15+/m1/s1. The molecule has 1 aliphatic carbocycles. The van der Waals surface area contributed by atoms with E-state index in [1.54, 1.807) is 6.92 Å². The Morgan fingerprint density at radius 3 is 2.53 bits per heavy atom. The van der Waals surface area contributed by atoms with Crippen LogP contribution in [0.4, 0.5) is 19.0 Å². The molecule has 1 aliphatic rings. The van der Waals surface area contributed by atoms with Crippen LogP contribution in [0.25, 0.3) is 10.8 Å². The van der Waals surface area contributed by atoms with Gasteiger partial charge in [0.1, 0.15) is 5.82 Å². The van der Waals surface area contributed by atoms with E-state index in [1.807, 2.05) is 0 Å². The summed E-state index contributed by atoms with van der Waals surface area (Å²) in [5.41, 5.74) is -1.60. The molecular weight excluding hydrogens is 401 g/mol. The average Bonchev–Trinajstić information content (AvgIpc) is 3.41. The van der Waals surface area contributed by atoms with Gasteiger partial charge in [0.15, 0.2) is 5.82 Å². The smallest absolute Gasteiger partial charge is 0.274 e. The van der Waals surface area contributed by atoms with Crippen LogP contribution in [-0.2, 0) is 7.05 Å². The van der Waals surface area contributed by atoms with E-state index >= 15 is 0 Å². The van der Waals surface area contributed by atoms with Crippen molar-refractivity contribution >= 4 is 16.6 Å². The van der Waals surface area contributed by atoms with E-state index in [0.717, 1.165) is 10.7 Å². The van der Waals surface area contributed by atoms with Crippen LogP contribution >= 0.6 is 0 Å². The van der Waals surface area contributed by atoms with Gasteiger partial charge in [-0.05, 0) is 13.3 Å². The van der Waals surface area contributed by atoms with E-state index in [2.05, 4.69) is 10.4 Å². The van der Waals surface area contributed by atoms with Gasteiger partial charge in [0, 0.05) is 30.3 Å². The Morgan fingerprint density at radius 1 is 1.23 bits per heavy atom. The van der Waals surface area contributed by atoms with Crippen LogP contribution in [0, 0.1) is 5.82 Å². The number of aliphatic hydroxyl groups excluding tert-OH is 1. The third-order valence-electron chi connectivity index (χ3n) is 5.30. The summed E-state index contributed by atoms with van der Waals surface area (Å²) in [7, 11) is 1.41. The maximum Gasteiger partial charge on any atom is 0.274 e. The molecule has 3 aromatic rings. The first kappa shape index (κ1) is 20.1. The zero-order valence-corrected chi connectivity index (χ0v) is 16.1. The number of hydrogen-bond donors (Lipinski definition) is 2. The highest BCUT2D eigenvalue weighted by Gasteiger charge is 2.37. The molecule has 0 amide bonds. The lowest BCUT2D eigenvalue weighted by Crippen LogP contribution is -2.26. The molecule has 0 unspecified atom stereocenters. The summed E-state index contributed by atoms with van der Waals surface area (Å²) in [6.45, 7) is 1.58. The highest BCUT2D eigenvalue weighted by molar-refractivity contribution is 5.90. The first-order valence-electron chi connectivity index (χ1n) is 9.33. The first-order valence-corrected chi connectivity index (χ1v) is 9.33. The predicted octanol–water partition coefficient (Wildman–Crippen LogP) is 2.65. The number of nitrogens with zero attached hydrogens (tertiary/aromatic N) is 3. The molecule has 0 bridgehead atoms. The minimum absolute atomic E-state index is 0.0162. The van der Waals surface area contributed by atoms with E-state index in [4.69, 9.17) is 0 Å². The molecule has 1 aromatic carbocycles. The number of pyridine rings is 1. The number of fused-ring (bicyclic) bond motifs is 1. The quantitative estimate of drug-likeness (QED) is 0.663. The number of hydrogen-bond acceptors (Lipinski definition) is 5. The fourth-order valence-corrected chi connectivity index (χ4v) is 3.53. The van der Waals surface area contributed by atoms with Gasteiger partial charge in [-0.2, -0.15) is 5.10 Å². The van der Waals surface area contributed by atoms with Crippen molar-refractivity contribution in [1.29, 1.82) is 0 Å². The number of halogens is 3. The Hall–Kier alpha value is -3.14. The number of rotatable bonds is 5. The van der Waals surface area contributed by atoms with E-state index in [-0.39, 0.29) is 22.8 Å².